The Bertz CT molecular complexity index is 299. The average molecular weight is 241 g/mol. The van der Waals surface area contributed by atoms with E-state index in [9.17, 15) is 9.59 Å². The minimum Gasteiger partial charge on any atom is -0.480 e. The molecule has 0 bridgehead atoms. The normalized spacial score (nSPS) is 11.4. The number of unbranched alkanes of at least 4 members (excludes halogenated alkanes) is 1. The summed E-state index contributed by atoms with van der Waals surface area (Å²) in [5, 5.41) is 19.7. The zero-order valence-electron chi connectivity index (χ0n) is 10.3. The minimum atomic E-state index is -1.03. The second-order valence-electron chi connectivity index (χ2n) is 3.81. The largest absolute Gasteiger partial charge is 0.480 e. The molecule has 0 aromatic heterocycles. The van der Waals surface area contributed by atoms with Crippen LogP contribution >= 0.6 is 0 Å². The van der Waals surface area contributed by atoms with Gasteiger partial charge in [-0.2, -0.15) is 5.26 Å². The number of carbonyl (C=O) groups is 2. The highest BCUT2D eigenvalue weighted by molar-refractivity contribution is 5.82. The van der Waals surface area contributed by atoms with Gasteiger partial charge in [0.2, 0.25) is 0 Å². The van der Waals surface area contributed by atoms with Gasteiger partial charge >= 0.3 is 12.0 Å². The van der Waals surface area contributed by atoms with Crippen LogP contribution in [0.1, 0.15) is 32.6 Å². The van der Waals surface area contributed by atoms with Crippen LogP contribution in [-0.2, 0) is 4.79 Å². The maximum Gasteiger partial charge on any atom is 0.326 e. The first kappa shape index (κ1) is 15.2. The topological polar surface area (TPSA) is 93.4 Å². The number of aliphatic carboxylic acids is 1. The summed E-state index contributed by atoms with van der Waals surface area (Å²) in [4.78, 5) is 23.8. The van der Waals surface area contributed by atoms with Gasteiger partial charge in [-0.15, -0.1) is 0 Å². The Hall–Kier alpha value is -1.77. The fourth-order valence-corrected chi connectivity index (χ4v) is 1.24. The fraction of sp³-hybridized carbons (Fsp3) is 0.727. The molecule has 2 amide bonds. The van der Waals surface area contributed by atoms with Crippen molar-refractivity contribution < 1.29 is 14.7 Å². The third-order valence-electron chi connectivity index (χ3n) is 2.35. The van der Waals surface area contributed by atoms with Crippen LogP contribution in [0.5, 0.6) is 0 Å². The van der Waals surface area contributed by atoms with Crippen LogP contribution in [0.3, 0.4) is 0 Å². The van der Waals surface area contributed by atoms with Gasteiger partial charge in [-0.1, -0.05) is 19.8 Å². The number of nitrogens with one attached hydrogen (secondary N) is 1. The molecule has 2 N–H and O–H groups in total. The van der Waals surface area contributed by atoms with Crippen LogP contribution in [-0.4, -0.2) is 41.6 Å². The molecule has 0 aliphatic heterocycles. The van der Waals surface area contributed by atoms with Crippen LogP contribution in [0, 0.1) is 11.3 Å². The summed E-state index contributed by atoms with van der Waals surface area (Å²) in [6.07, 6.45) is 2.28. The molecule has 0 aromatic rings. The molecular weight excluding hydrogens is 222 g/mol. The summed E-state index contributed by atoms with van der Waals surface area (Å²) in [7, 11) is 1.53. The first-order valence-electron chi connectivity index (χ1n) is 5.64. The number of carboxylic acid groups (broad SMARTS) is 1. The Balaban J connectivity index is 4.20. The lowest BCUT2D eigenvalue weighted by Gasteiger charge is -2.20. The lowest BCUT2D eigenvalue weighted by molar-refractivity contribution is -0.139. The van der Waals surface area contributed by atoms with Gasteiger partial charge in [0, 0.05) is 13.6 Å². The number of amides is 2. The van der Waals surface area contributed by atoms with Crippen LogP contribution in [0.4, 0.5) is 4.79 Å². The number of carboxylic acids is 1. The lowest BCUT2D eigenvalue weighted by atomic mass is 10.1. The molecule has 6 heteroatoms. The van der Waals surface area contributed by atoms with E-state index >= 15 is 0 Å². The molecular formula is C11H19N3O3. The molecule has 1 atom stereocenters. The third-order valence-corrected chi connectivity index (χ3v) is 2.35. The van der Waals surface area contributed by atoms with Gasteiger partial charge in [-0.25, -0.2) is 9.59 Å². The Labute approximate surface area is 101 Å². The van der Waals surface area contributed by atoms with Gasteiger partial charge in [0.25, 0.3) is 0 Å². The second kappa shape index (κ2) is 8.39. The quantitative estimate of drug-likeness (QED) is 0.700. The fourth-order valence-electron chi connectivity index (χ4n) is 1.24. The third kappa shape index (κ3) is 6.40. The summed E-state index contributed by atoms with van der Waals surface area (Å²) in [5.41, 5.74) is 0. The Morgan fingerprint density at radius 2 is 2.18 bits per heavy atom. The molecule has 1 unspecified atom stereocenters. The van der Waals surface area contributed by atoms with Crippen molar-refractivity contribution in [3.63, 3.8) is 0 Å². The van der Waals surface area contributed by atoms with Crippen molar-refractivity contribution in [2.45, 2.75) is 38.6 Å². The molecule has 0 aromatic carbocycles. The van der Waals surface area contributed by atoms with Gasteiger partial charge in [0.15, 0.2) is 0 Å². The van der Waals surface area contributed by atoms with Crippen molar-refractivity contribution in [1.82, 2.24) is 10.2 Å². The number of rotatable bonds is 7. The highest BCUT2D eigenvalue weighted by Crippen LogP contribution is 2.02. The van der Waals surface area contributed by atoms with Gasteiger partial charge < -0.3 is 15.3 Å². The van der Waals surface area contributed by atoms with E-state index < -0.39 is 18.0 Å². The zero-order valence-corrected chi connectivity index (χ0v) is 10.3. The van der Waals surface area contributed by atoms with Crippen molar-refractivity contribution in [1.29, 1.82) is 5.26 Å². The van der Waals surface area contributed by atoms with E-state index in [0.717, 1.165) is 12.8 Å². The summed E-state index contributed by atoms with van der Waals surface area (Å²) < 4.78 is 0. The Morgan fingerprint density at radius 1 is 1.53 bits per heavy atom. The lowest BCUT2D eigenvalue weighted by Crippen LogP contribution is -2.46. The summed E-state index contributed by atoms with van der Waals surface area (Å²) >= 11 is 0. The summed E-state index contributed by atoms with van der Waals surface area (Å²) in [5.74, 6) is -1.03. The Morgan fingerprint density at radius 3 is 2.65 bits per heavy atom. The number of hydrogen-bond donors (Lipinski definition) is 2. The molecule has 0 radical (unpaired) electrons. The van der Waals surface area contributed by atoms with Gasteiger partial charge in [0.1, 0.15) is 6.04 Å². The van der Waals surface area contributed by atoms with Crippen LogP contribution in [0.25, 0.3) is 0 Å². The van der Waals surface area contributed by atoms with Crippen molar-refractivity contribution in [3.05, 3.63) is 0 Å². The Kier molecular flexibility index (Phi) is 7.52. The molecule has 0 spiro atoms. The summed E-state index contributed by atoms with van der Waals surface area (Å²) in [6, 6.07) is 0.616. The van der Waals surface area contributed by atoms with Crippen LogP contribution < -0.4 is 5.32 Å². The number of hydrogen-bond acceptors (Lipinski definition) is 3. The predicted octanol–water partition coefficient (Wildman–Crippen LogP) is 1.18. The maximum atomic E-state index is 11.6. The first-order chi connectivity index (χ1) is 8.02. The highest BCUT2D eigenvalue weighted by Gasteiger charge is 2.20. The van der Waals surface area contributed by atoms with E-state index in [0.29, 0.717) is 13.0 Å². The SMILES string of the molecule is CCCCC(NC(=O)N(C)CCC#N)C(=O)O. The zero-order chi connectivity index (χ0) is 13.3. The molecule has 0 fully saturated rings. The number of carbonyl (C=O) groups excluding carboxylic acids is 1. The van der Waals surface area contributed by atoms with Gasteiger partial charge in [0.05, 0.1) is 12.5 Å². The number of nitrogens with zero attached hydrogens (tertiary/aromatic N) is 2. The van der Waals surface area contributed by atoms with Crippen molar-refractivity contribution >= 4 is 12.0 Å². The minimum absolute atomic E-state index is 0.233. The van der Waals surface area contributed by atoms with Gasteiger partial charge in [-0.3, -0.25) is 0 Å². The molecule has 17 heavy (non-hydrogen) atoms. The van der Waals surface area contributed by atoms with E-state index in [-0.39, 0.29) is 6.42 Å². The molecule has 0 aliphatic rings. The molecule has 96 valence electrons. The molecule has 0 rings (SSSR count). The van der Waals surface area contributed by atoms with Crippen molar-refractivity contribution in [2.75, 3.05) is 13.6 Å². The highest BCUT2D eigenvalue weighted by atomic mass is 16.4. The van der Waals surface area contributed by atoms with Crippen LogP contribution in [0.15, 0.2) is 0 Å². The van der Waals surface area contributed by atoms with E-state index in [4.69, 9.17) is 10.4 Å². The number of nitriles is 1. The molecule has 6 nitrogen and oxygen atoms in total. The summed E-state index contributed by atoms with van der Waals surface area (Å²) in [6.45, 7) is 2.25. The second-order valence-corrected chi connectivity index (χ2v) is 3.81. The van der Waals surface area contributed by atoms with E-state index in [2.05, 4.69) is 5.32 Å². The maximum absolute atomic E-state index is 11.6. The van der Waals surface area contributed by atoms with Crippen molar-refractivity contribution in [2.24, 2.45) is 0 Å². The van der Waals surface area contributed by atoms with E-state index in [1.807, 2.05) is 13.0 Å². The molecule has 0 aliphatic carbocycles. The number of urea groups is 1. The smallest absolute Gasteiger partial charge is 0.326 e. The molecule has 0 saturated heterocycles. The van der Waals surface area contributed by atoms with E-state index in [1.54, 1.807) is 0 Å². The first-order valence-corrected chi connectivity index (χ1v) is 5.64. The predicted molar refractivity (Wildman–Crippen MR) is 62.3 cm³/mol. The van der Waals surface area contributed by atoms with Crippen LogP contribution in [0.2, 0.25) is 0 Å². The van der Waals surface area contributed by atoms with Crippen molar-refractivity contribution in [3.8, 4) is 6.07 Å². The molecule has 0 heterocycles. The van der Waals surface area contributed by atoms with E-state index in [1.165, 1.54) is 11.9 Å². The monoisotopic (exact) mass is 241 g/mol. The standard InChI is InChI=1S/C11H19N3O3/c1-3-4-6-9(10(15)16)13-11(17)14(2)8-5-7-12/h9H,3-6,8H2,1-2H3,(H,13,17)(H,15,16). The van der Waals surface area contributed by atoms with Gasteiger partial charge in [-0.05, 0) is 6.42 Å². The average Bonchev–Trinajstić information content (AvgIpc) is 2.30. The molecule has 0 saturated carbocycles.